The summed E-state index contributed by atoms with van der Waals surface area (Å²) in [5, 5.41) is 20.3. The topological polar surface area (TPSA) is 209 Å². The van der Waals surface area contributed by atoms with Crippen LogP contribution in [-0.4, -0.2) is 54.9 Å². The van der Waals surface area contributed by atoms with Crippen molar-refractivity contribution in [3.05, 3.63) is 91.3 Å². The number of nitrogens with one attached hydrogen (secondary N) is 2. The molecular weight excluding hydrogens is 669 g/mol. The summed E-state index contributed by atoms with van der Waals surface area (Å²) >= 11 is 2.58. The van der Waals surface area contributed by atoms with Gasteiger partial charge in [-0.2, -0.15) is 0 Å². The molecule has 6 aromatic rings. The van der Waals surface area contributed by atoms with Crippen LogP contribution in [0.2, 0.25) is 0 Å². The summed E-state index contributed by atoms with van der Waals surface area (Å²) in [6.45, 7) is 4.09. The van der Waals surface area contributed by atoms with Crippen molar-refractivity contribution in [2.24, 2.45) is 11.5 Å². The van der Waals surface area contributed by atoms with Crippen LogP contribution in [0.5, 0.6) is 11.5 Å². The molecule has 0 aliphatic carbocycles. The standard InChI is InChI=1S/C33H30N8O6S2/c1-16-8-24(48-14-16)30(45)38-32-36-20-10-18(28(34)43)12-22(42)26(20)40(32)6-4-5-7-41-27-21(11-19(29(35)44)13-23(27)47-3)37-33(41)39-31(46)25-9-17(2)15-49-25/h4-5,8-15,42H,6-7H2,1-3H3,(H2,34,43)(H2,35,44)(H,36,38,45)(H,37,39,46)/b5-4+. The van der Waals surface area contributed by atoms with Gasteiger partial charge in [0.2, 0.25) is 23.7 Å². The number of fused-ring (bicyclic) bond motifs is 2. The molecule has 4 amide bonds. The van der Waals surface area contributed by atoms with Crippen molar-refractivity contribution in [1.82, 2.24) is 19.1 Å². The molecule has 250 valence electrons. The first kappa shape index (κ1) is 32.9. The molecule has 0 atom stereocenters. The lowest BCUT2D eigenvalue weighted by molar-refractivity contribution is 0.0991. The maximum absolute atomic E-state index is 13.1. The van der Waals surface area contributed by atoms with E-state index in [0.29, 0.717) is 26.5 Å². The van der Waals surface area contributed by atoms with Crippen LogP contribution in [0.4, 0.5) is 11.9 Å². The summed E-state index contributed by atoms with van der Waals surface area (Å²) in [5.74, 6) is -1.72. The highest BCUT2D eigenvalue weighted by molar-refractivity contribution is 7.12. The molecule has 7 N–H and O–H groups in total. The Bertz CT molecular complexity index is 2330. The van der Waals surface area contributed by atoms with Crippen LogP contribution in [0.3, 0.4) is 0 Å². The number of amides is 4. The second kappa shape index (κ2) is 13.2. The molecule has 2 aromatic carbocycles. The Balaban J connectivity index is 1.36. The third-order valence-corrected chi connectivity index (χ3v) is 9.61. The Morgan fingerprint density at radius 2 is 1.24 bits per heavy atom. The molecule has 14 nitrogen and oxygen atoms in total. The number of nitrogens with two attached hydrogens (primary N) is 2. The van der Waals surface area contributed by atoms with Crippen molar-refractivity contribution in [3.8, 4) is 11.5 Å². The van der Waals surface area contributed by atoms with Crippen molar-refractivity contribution in [1.29, 1.82) is 0 Å². The van der Waals surface area contributed by atoms with E-state index in [9.17, 15) is 24.3 Å². The Labute approximate surface area is 286 Å². The van der Waals surface area contributed by atoms with Gasteiger partial charge in [0.25, 0.3) is 11.8 Å². The largest absolute Gasteiger partial charge is 0.506 e. The number of rotatable bonds is 11. The smallest absolute Gasteiger partial charge is 0.268 e. The summed E-state index contributed by atoms with van der Waals surface area (Å²) in [4.78, 5) is 60.2. The van der Waals surface area contributed by atoms with Gasteiger partial charge in [-0.3, -0.25) is 29.8 Å². The third-order valence-electron chi connectivity index (χ3n) is 7.52. The van der Waals surface area contributed by atoms with Crippen LogP contribution in [-0.2, 0) is 13.1 Å². The van der Waals surface area contributed by atoms with Crippen LogP contribution >= 0.6 is 22.7 Å². The van der Waals surface area contributed by atoms with Gasteiger partial charge in [0, 0.05) is 24.2 Å². The number of phenolic OH excluding ortho intramolecular Hbond substituents is 1. The van der Waals surface area contributed by atoms with E-state index in [4.69, 9.17) is 16.2 Å². The molecule has 4 heterocycles. The number of aromatic hydroxyl groups is 1. The minimum absolute atomic E-state index is 0.0599. The predicted molar refractivity (Wildman–Crippen MR) is 188 cm³/mol. The second-order valence-corrected chi connectivity index (χ2v) is 12.9. The SMILES string of the molecule is COc1cc(C(N)=O)cc2nc(NC(=O)c3cc(C)cs3)n(C/C=C/Cn3c(NC(=O)c4cc(C)cs4)nc4cc(C(N)=O)cc(O)c43)c12. The maximum Gasteiger partial charge on any atom is 0.268 e. The van der Waals surface area contributed by atoms with Gasteiger partial charge in [0.05, 0.1) is 27.9 Å². The zero-order valence-electron chi connectivity index (χ0n) is 26.4. The zero-order valence-corrected chi connectivity index (χ0v) is 28.1. The quantitative estimate of drug-likeness (QED) is 0.118. The van der Waals surface area contributed by atoms with Gasteiger partial charge in [-0.15, -0.1) is 22.7 Å². The summed E-state index contributed by atoms with van der Waals surface area (Å²) < 4.78 is 8.91. The molecule has 4 aromatic heterocycles. The number of hydrogen-bond donors (Lipinski definition) is 5. The van der Waals surface area contributed by atoms with E-state index in [2.05, 4.69) is 20.6 Å². The summed E-state index contributed by atoms with van der Waals surface area (Å²) in [5.41, 5.74) is 14.6. The molecule has 0 aliphatic rings. The number of carbonyl (C=O) groups excluding carboxylic acids is 4. The van der Waals surface area contributed by atoms with E-state index in [0.717, 1.165) is 11.1 Å². The highest BCUT2D eigenvalue weighted by atomic mass is 32.1. The first-order chi connectivity index (χ1) is 23.4. The number of anilines is 2. The molecule has 0 radical (unpaired) electrons. The summed E-state index contributed by atoms with van der Waals surface area (Å²) in [6, 6.07) is 9.24. The van der Waals surface area contributed by atoms with Crippen LogP contribution < -0.4 is 26.8 Å². The molecular formula is C33H30N8O6S2. The normalized spacial score (nSPS) is 11.4. The van der Waals surface area contributed by atoms with E-state index in [1.54, 1.807) is 33.4 Å². The summed E-state index contributed by atoms with van der Waals surface area (Å²) in [7, 11) is 1.45. The highest BCUT2D eigenvalue weighted by Gasteiger charge is 2.21. The monoisotopic (exact) mass is 698 g/mol. The molecule has 6 rings (SSSR count). The van der Waals surface area contributed by atoms with E-state index in [1.807, 2.05) is 24.6 Å². The third kappa shape index (κ3) is 6.59. The Kier molecular flexibility index (Phi) is 8.90. The first-order valence-electron chi connectivity index (χ1n) is 14.7. The molecule has 0 bridgehead atoms. The minimum atomic E-state index is -0.741. The molecule has 0 saturated heterocycles. The number of nitrogens with zero attached hydrogens (tertiary/aromatic N) is 4. The van der Waals surface area contributed by atoms with Gasteiger partial charge < -0.3 is 30.4 Å². The van der Waals surface area contributed by atoms with Crippen LogP contribution in [0, 0.1) is 13.8 Å². The first-order valence-corrected chi connectivity index (χ1v) is 16.5. The number of carbonyl (C=O) groups is 4. The van der Waals surface area contributed by atoms with E-state index < -0.39 is 11.8 Å². The minimum Gasteiger partial charge on any atom is -0.506 e. The molecule has 0 fully saturated rings. The van der Waals surface area contributed by atoms with Crippen molar-refractivity contribution in [2.45, 2.75) is 26.9 Å². The van der Waals surface area contributed by atoms with Gasteiger partial charge >= 0.3 is 0 Å². The van der Waals surface area contributed by atoms with Crippen molar-refractivity contribution >= 4 is 80.3 Å². The molecule has 0 aliphatic heterocycles. The lowest BCUT2D eigenvalue weighted by atomic mass is 10.1. The van der Waals surface area contributed by atoms with Crippen molar-refractivity contribution in [2.75, 3.05) is 17.7 Å². The number of aromatic nitrogens is 4. The van der Waals surface area contributed by atoms with Gasteiger partial charge in [-0.1, -0.05) is 12.2 Å². The van der Waals surface area contributed by atoms with E-state index in [1.165, 1.54) is 54.0 Å². The number of phenols is 1. The van der Waals surface area contributed by atoms with Crippen LogP contribution in [0.1, 0.15) is 51.2 Å². The number of hydrogen-bond acceptors (Lipinski definition) is 10. The maximum atomic E-state index is 13.1. The average molecular weight is 699 g/mol. The average Bonchev–Trinajstić information content (AvgIpc) is 3.84. The van der Waals surface area contributed by atoms with Gasteiger partial charge in [0.1, 0.15) is 22.5 Å². The van der Waals surface area contributed by atoms with Gasteiger partial charge in [0.15, 0.2) is 0 Å². The number of methoxy groups -OCH3 is 1. The number of thiophene rings is 2. The lowest BCUT2D eigenvalue weighted by Gasteiger charge is -2.11. The number of aryl methyl sites for hydroxylation is 2. The van der Waals surface area contributed by atoms with E-state index >= 15 is 0 Å². The fourth-order valence-electron chi connectivity index (χ4n) is 5.25. The lowest BCUT2D eigenvalue weighted by Crippen LogP contribution is -2.15. The van der Waals surface area contributed by atoms with Gasteiger partial charge in [-0.25, -0.2) is 9.97 Å². The number of ether oxygens (including phenoxy) is 1. The zero-order chi connectivity index (χ0) is 35.0. The number of allylic oxidation sites excluding steroid dienone is 2. The number of primary amides is 2. The highest BCUT2D eigenvalue weighted by Crippen LogP contribution is 2.32. The second-order valence-electron chi connectivity index (χ2n) is 11.1. The Hall–Kier alpha value is -6.00. The molecule has 0 unspecified atom stereocenters. The molecule has 0 spiro atoms. The number of benzene rings is 2. The fraction of sp³-hybridized carbons (Fsp3) is 0.152. The Morgan fingerprint density at radius 1 is 0.776 bits per heavy atom. The Morgan fingerprint density at radius 3 is 1.69 bits per heavy atom. The fourth-order valence-corrected chi connectivity index (χ4v) is 6.84. The van der Waals surface area contributed by atoms with Crippen LogP contribution in [0.15, 0.2) is 59.3 Å². The predicted octanol–water partition coefficient (Wildman–Crippen LogP) is 4.80. The van der Waals surface area contributed by atoms with Crippen molar-refractivity contribution < 1.29 is 29.0 Å². The van der Waals surface area contributed by atoms with Crippen molar-refractivity contribution in [3.63, 3.8) is 0 Å². The summed E-state index contributed by atoms with van der Waals surface area (Å²) in [6.07, 6.45) is 3.57. The van der Waals surface area contributed by atoms with Crippen LogP contribution in [0.25, 0.3) is 22.1 Å². The molecule has 16 heteroatoms. The molecule has 0 saturated carbocycles. The van der Waals surface area contributed by atoms with Gasteiger partial charge in [-0.05, 0) is 72.1 Å². The molecule has 49 heavy (non-hydrogen) atoms. The number of imidazole rings is 2. The van der Waals surface area contributed by atoms with E-state index in [-0.39, 0.29) is 64.7 Å².